The van der Waals surface area contributed by atoms with E-state index < -0.39 is 88.7 Å². The third kappa shape index (κ3) is 21.4. The Bertz CT molecular complexity index is 1120. The molecule has 0 aromatic carbocycles. The van der Waals surface area contributed by atoms with Gasteiger partial charge in [-0.25, -0.2) is 13.9 Å². The van der Waals surface area contributed by atoms with Crippen LogP contribution in [0, 0.1) is 0 Å². The van der Waals surface area contributed by atoms with E-state index in [0.29, 0.717) is 38.6 Å². The van der Waals surface area contributed by atoms with Crippen molar-refractivity contribution in [2.45, 2.75) is 88.0 Å². The van der Waals surface area contributed by atoms with Crippen LogP contribution in [-0.4, -0.2) is 117 Å². The summed E-state index contributed by atoms with van der Waals surface area (Å²) in [6.07, 6.45) is 2.19. The van der Waals surface area contributed by atoms with Crippen LogP contribution >= 0.6 is 15.6 Å². The molecular formula is C24H50N8O14P2. The lowest BCUT2D eigenvalue weighted by Gasteiger charge is -2.26. The summed E-state index contributed by atoms with van der Waals surface area (Å²) < 4.78 is 31.0. The number of amides is 4. The van der Waals surface area contributed by atoms with E-state index >= 15 is 0 Å². The summed E-state index contributed by atoms with van der Waals surface area (Å²) in [4.78, 5) is 100. The third-order valence-electron chi connectivity index (χ3n) is 6.52. The smallest absolute Gasteiger partial charge is 0.469 e. The van der Waals surface area contributed by atoms with Crippen LogP contribution in [0.5, 0.6) is 0 Å². The van der Waals surface area contributed by atoms with Gasteiger partial charge in [-0.15, -0.1) is 0 Å². The van der Waals surface area contributed by atoms with Gasteiger partial charge in [-0.05, 0) is 77.4 Å². The second-order valence-electron chi connectivity index (χ2n) is 10.6. The monoisotopic (exact) mass is 736 g/mol. The maximum atomic E-state index is 13.4. The second kappa shape index (κ2) is 23.7. The predicted octanol–water partition coefficient (Wildman–Crippen LogP) is -4.06. The molecular weight excluding hydrogens is 686 g/mol. The number of aliphatic carboxylic acids is 1. The van der Waals surface area contributed by atoms with Gasteiger partial charge in [0.05, 0.1) is 13.2 Å². The molecule has 22 nitrogen and oxygen atoms in total. The van der Waals surface area contributed by atoms with E-state index in [1.165, 1.54) is 0 Å². The molecule has 0 aliphatic carbocycles. The highest BCUT2D eigenvalue weighted by atomic mass is 31.2. The molecule has 5 atom stereocenters. The van der Waals surface area contributed by atoms with Crippen molar-refractivity contribution in [2.75, 3.05) is 32.8 Å². The number of hydrogen-bond acceptors (Lipinski definition) is 13. The number of carboxylic acids is 1. The summed E-state index contributed by atoms with van der Waals surface area (Å²) in [6, 6.07) is -7.64. The van der Waals surface area contributed by atoms with E-state index in [4.69, 9.17) is 32.7 Å². The molecule has 0 radical (unpaired) electrons. The molecule has 0 aliphatic heterocycles. The first-order valence-corrected chi connectivity index (χ1v) is 18.1. The van der Waals surface area contributed by atoms with Crippen LogP contribution in [0.1, 0.15) is 57.8 Å². The van der Waals surface area contributed by atoms with Gasteiger partial charge >= 0.3 is 21.6 Å². The fraction of sp³-hybridized carbons (Fsp3) is 0.792. The van der Waals surface area contributed by atoms with Gasteiger partial charge in [0.2, 0.25) is 23.6 Å². The number of phosphoric ester groups is 2. The molecule has 0 aromatic rings. The highest BCUT2D eigenvalue weighted by Crippen LogP contribution is 2.36. The van der Waals surface area contributed by atoms with Gasteiger partial charge in [-0.1, -0.05) is 0 Å². The molecule has 0 bridgehead atoms. The van der Waals surface area contributed by atoms with Crippen molar-refractivity contribution in [3.05, 3.63) is 0 Å². The van der Waals surface area contributed by atoms with Crippen LogP contribution in [-0.2, 0) is 42.2 Å². The van der Waals surface area contributed by atoms with E-state index in [9.17, 15) is 48.0 Å². The number of nitrogens with one attached hydrogen (secondary N) is 4. The molecule has 0 heterocycles. The van der Waals surface area contributed by atoms with Crippen molar-refractivity contribution in [1.82, 2.24) is 21.3 Å². The van der Waals surface area contributed by atoms with Gasteiger partial charge in [0.25, 0.3) is 0 Å². The van der Waals surface area contributed by atoms with Crippen molar-refractivity contribution >= 4 is 45.2 Å². The average molecular weight is 737 g/mol. The summed E-state index contributed by atoms with van der Waals surface area (Å²) in [6.45, 7) is -1.27. The maximum absolute atomic E-state index is 13.4. The number of rotatable bonds is 27. The zero-order valence-electron chi connectivity index (χ0n) is 26.4. The Kier molecular flexibility index (Phi) is 22.4. The van der Waals surface area contributed by atoms with Crippen molar-refractivity contribution in [2.24, 2.45) is 22.9 Å². The van der Waals surface area contributed by atoms with Crippen LogP contribution < -0.4 is 44.2 Å². The summed E-state index contributed by atoms with van der Waals surface area (Å²) in [7, 11) is -10.2. The Balaban J connectivity index is 6.09. The zero-order valence-corrected chi connectivity index (χ0v) is 28.2. The Morgan fingerprint density at radius 2 is 0.875 bits per heavy atom. The van der Waals surface area contributed by atoms with Crippen LogP contribution in [0.3, 0.4) is 0 Å². The summed E-state index contributed by atoms with van der Waals surface area (Å²) in [5.74, 6) is -5.51. The van der Waals surface area contributed by atoms with Crippen LogP contribution in [0.15, 0.2) is 0 Å². The highest BCUT2D eigenvalue weighted by Gasteiger charge is 2.33. The molecule has 0 unspecified atom stereocenters. The fourth-order valence-corrected chi connectivity index (χ4v) is 4.67. The first kappa shape index (κ1) is 45.4. The SMILES string of the molecule is NCCCC[C@H](NC(=O)[C@H](CCCCN)NC(=O)[C@H](COP(=O)(O)O)NC(=O)[C@H](CCCCN)NC(=O)[C@@H](N)COP(=O)(O)O)C(=O)O. The number of carbonyl (C=O) groups excluding carboxylic acids is 4. The summed E-state index contributed by atoms with van der Waals surface area (Å²) in [5, 5.41) is 18.7. The van der Waals surface area contributed by atoms with Crippen LogP contribution in [0.4, 0.5) is 0 Å². The number of nitrogens with two attached hydrogens (primary N) is 4. The van der Waals surface area contributed by atoms with Crippen molar-refractivity contribution in [1.29, 1.82) is 0 Å². The Labute approximate surface area is 277 Å². The minimum Gasteiger partial charge on any atom is -0.480 e. The van der Waals surface area contributed by atoms with Crippen molar-refractivity contribution in [3.63, 3.8) is 0 Å². The van der Waals surface area contributed by atoms with Gasteiger partial charge in [-0.2, -0.15) is 0 Å². The van der Waals surface area contributed by atoms with Gasteiger partial charge in [-0.3, -0.25) is 28.2 Å². The molecule has 0 fully saturated rings. The molecule has 17 N–H and O–H groups in total. The van der Waals surface area contributed by atoms with Gasteiger partial charge in [0, 0.05) is 0 Å². The average Bonchev–Trinajstić information content (AvgIpc) is 2.99. The van der Waals surface area contributed by atoms with E-state index in [0.717, 1.165) is 0 Å². The second-order valence-corrected chi connectivity index (χ2v) is 13.1. The molecule has 0 aliphatic rings. The largest absolute Gasteiger partial charge is 0.480 e. The number of phosphoric acid groups is 2. The summed E-state index contributed by atoms with van der Waals surface area (Å²) in [5.41, 5.74) is 22.1. The first-order chi connectivity index (χ1) is 22.3. The molecule has 0 spiro atoms. The van der Waals surface area contributed by atoms with Gasteiger partial charge in [0.15, 0.2) is 0 Å². The van der Waals surface area contributed by atoms with E-state index in [2.05, 4.69) is 30.3 Å². The Morgan fingerprint density at radius 1 is 0.542 bits per heavy atom. The van der Waals surface area contributed by atoms with Crippen LogP contribution in [0.2, 0.25) is 0 Å². The van der Waals surface area contributed by atoms with Crippen LogP contribution in [0.25, 0.3) is 0 Å². The number of carboxylic acid groups (broad SMARTS) is 1. The van der Waals surface area contributed by atoms with E-state index in [1.54, 1.807) is 0 Å². The van der Waals surface area contributed by atoms with Crippen molar-refractivity contribution in [3.8, 4) is 0 Å². The van der Waals surface area contributed by atoms with Gasteiger partial charge in [0.1, 0.15) is 30.2 Å². The topological polar surface area (TPSA) is 391 Å². The van der Waals surface area contributed by atoms with Gasteiger partial charge < -0.3 is 68.9 Å². The molecule has 280 valence electrons. The normalized spacial score (nSPS) is 15.0. The number of hydrogen-bond donors (Lipinski definition) is 13. The predicted molar refractivity (Wildman–Crippen MR) is 168 cm³/mol. The third-order valence-corrected chi connectivity index (χ3v) is 7.49. The fourth-order valence-electron chi connectivity index (χ4n) is 3.98. The van der Waals surface area contributed by atoms with E-state index in [1.807, 2.05) is 0 Å². The zero-order chi connectivity index (χ0) is 36.9. The van der Waals surface area contributed by atoms with E-state index in [-0.39, 0.29) is 38.8 Å². The number of unbranched alkanes of at least 4 members (excludes halogenated alkanes) is 3. The number of carbonyl (C=O) groups is 5. The van der Waals surface area contributed by atoms with Crippen molar-refractivity contribution < 1.29 is 66.8 Å². The minimum atomic E-state index is -5.20. The lowest BCUT2D eigenvalue weighted by Crippen LogP contribution is -2.59. The quantitative estimate of drug-likeness (QED) is 0.0282. The highest BCUT2D eigenvalue weighted by molar-refractivity contribution is 7.46. The standard InChI is InChI=1S/C24H50N8O14P2/c25-10-4-1-7-16(29-20(33)15(28)13-45-47(39,40)41)22(35)32-19(14-46-48(42,43)44)23(36)30-17(8-2-5-11-26)21(34)31-18(24(37)38)9-3-6-12-27/h15-19H,1-14,25-28H2,(H,29,33)(H,30,36)(H,31,34)(H,32,35)(H,37,38)(H2,39,40,41)(H2,42,43,44)/t15-,16-,17-,18-,19-/m0/s1. The molecule has 4 amide bonds. The maximum Gasteiger partial charge on any atom is 0.469 e. The molecule has 0 aromatic heterocycles. The molecule has 0 saturated carbocycles. The first-order valence-electron chi connectivity index (χ1n) is 15.0. The minimum absolute atomic E-state index is 0.0315. The molecule has 48 heavy (non-hydrogen) atoms. The summed E-state index contributed by atoms with van der Waals surface area (Å²) >= 11 is 0. The Hall–Kier alpha value is -2.59. The molecule has 0 saturated heterocycles. The lowest BCUT2D eigenvalue weighted by atomic mass is 10.1. The molecule has 24 heteroatoms. The Morgan fingerprint density at radius 3 is 1.27 bits per heavy atom. The lowest BCUT2D eigenvalue weighted by molar-refractivity contribution is -0.142. The molecule has 0 rings (SSSR count).